The Morgan fingerprint density at radius 3 is 2.52 bits per heavy atom. The summed E-state index contributed by atoms with van der Waals surface area (Å²) in [5, 5.41) is 3.32. The monoisotopic (exact) mass is 435 g/mol. The highest BCUT2D eigenvalue weighted by Crippen LogP contribution is 2.28. The standard InChI is InChI=1S/C25H33N5S/c1-2-9-29(22-17-20-6-3-4-7-21(20)18-22)11-5-10-28-12-14-30(15-13-28)24-23-8-16-31-25(23)27-19-26-24/h3-4,6-8,16,19,22H,2,5,9-15,17-18H2,1H3. The maximum absolute atomic E-state index is 4.59. The highest BCUT2D eigenvalue weighted by Gasteiger charge is 2.26. The van der Waals surface area contributed by atoms with Crippen molar-refractivity contribution in [3.63, 3.8) is 0 Å². The van der Waals surface area contributed by atoms with E-state index in [1.165, 1.54) is 50.7 Å². The normalized spacial score (nSPS) is 17.7. The van der Waals surface area contributed by atoms with Crippen molar-refractivity contribution < 1.29 is 0 Å². The van der Waals surface area contributed by atoms with Crippen LogP contribution in [0.1, 0.15) is 30.9 Å². The summed E-state index contributed by atoms with van der Waals surface area (Å²) >= 11 is 1.70. The van der Waals surface area contributed by atoms with Crippen molar-refractivity contribution in [1.82, 2.24) is 19.8 Å². The molecule has 164 valence electrons. The van der Waals surface area contributed by atoms with Crippen LogP contribution < -0.4 is 4.90 Å². The van der Waals surface area contributed by atoms with Crippen LogP contribution in [0.15, 0.2) is 42.0 Å². The quantitative estimate of drug-likeness (QED) is 0.533. The number of nitrogens with zero attached hydrogens (tertiary/aromatic N) is 5. The second kappa shape index (κ2) is 9.63. The van der Waals surface area contributed by atoms with E-state index in [0.29, 0.717) is 6.04 Å². The molecule has 0 unspecified atom stereocenters. The fourth-order valence-corrected chi connectivity index (χ4v) is 5.99. The molecule has 0 spiro atoms. The first-order valence-electron chi connectivity index (χ1n) is 11.8. The number of fused-ring (bicyclic) bond motifs is 2. The van der Waals surface area contributed by atoms with Gasteiger partial charge in [0, 0.05) is 32.2 Å². The van der Waals surface area contributed by atoms with Gasteiger partial charge in [-0.15, -0.1) is 11.3 Å². The number of piperazine rings is 1. The molecule has 1 aromatic carbocycles. The summed E-state index contributed by atoms with van der Waals surface area (Å²) in [5.41, 5.74) is 3.13. The minimum Gasteiger partial charge on any atom is -0.353 e. The molecule has 5 nitrogen and oxygen atoms in total. The number of aromatic nitrogens is 2. The second-order valence-corrected chi connectivity index (χ2v) is 9.78. The Labute approximate surface area is 189 Å². The van der Waals surface area contributed by atoms with Gasteiger partial charge in [0.2, 0.25) is 0 Å². The van der Waals surface area contributed by atoms with Gasteiger partial charge in [0.25, 0.3) is 0 Å². The molecule has 2 aliphatic rings. The lowest BCUT2D eigenvalue weighted by Crippen LogP contribution is -2.47. The molecule has 1 aliphatic carbocycles. The fraction of sp³-hybridized carbons (Fsp3) is 0.520. The lowest BCUT2D eigenvalue weighted by atomic mass is 10.1. The van der Waals surface area contributed by atoms with Crippen LogP contribution in [0.5, 0.6) is 0 Å². The highest BCUT2D eigenvalue weighted by atomic mass is 32.1. The van der Waals surface area contributed by atoms with Crippen molar-refractivity contribution >= 4 is 27.4 Å². The molecule has 1 aliphatic heterocycles. The lowest BCUT2D eigenvalue weighted by molar-refractivity contribution is 0.179. The summed E-state index contributed by atoms with van der Waals surface area (Å²) < 4.78 is 0. The van der Waals surface area contributed by atoms with Gasteiger partial charge in [-0.1, -0.05) is 31.2 Å². The van der Waals surface area contributed by atoms with E-state index in [-0.39, 0.29) is 0 Å². The summed E-state index contributed by atoms with van der Waals surface area (Å²) in [4.78, 5) is 17.9. The molecule has 0 saturated carbocycles. The number of anilines is 1. The van der Waals surface area contributed by atoms with Crippen LogP contribution in [0.2, 0.25) is 0 Å². The maximum Gasteiger partial charge on any atom is 0.140 e. The molecular formula is C25H33N5S. The van der Waals surface area contributed by atoms with Crippen molar-refractivity contribution in [3.8, 4) is 0 Å². The van der Waals surface area contributed by atoms with E-state index < -0.39 is 0 Å². The van der Waals surface area contributed by atoms with Crippen molar-refractivity contribution in [2.45, 2.75) is 38.6 Å². The minimum atomic E-state index is 0.694. The third kappa shape index (κ3) is 4.61. The van der Waals surface area contributed by atoms with Gasteiger partial charge in [0.15, 0.2) is 0 Å². The van der Waals surface area contributed by atoms with Gasteiger partial charge < -0.3 is 4.90 Å². The Hall–Kier alpha value is -2.02. The molecule has 0 atom stereocenters. The van der Waals surface area contributed by atoms with E-state index in [1.54, 1.807) is 28.8 Å². The summed E-state index contributed by atoms with van der Waals surface area (Å²) in [6, 6.07) is 11.9. The van der Waals surface area contributed by atoms with E-state index in [0.717, 1.165) is 36.8 Å². The van der Waals surface area contributed by atoms with Gasteiger partial charge in [0.1, 0.15) is 17.0 Å². The zero-order valence-corrected chi connectivity index (χ0v) is 19.4. The smallest absolute Gasteiger partial charge is 0.140 e. The fourth-order valence-electron chi connectivity index (χ4n) is 5.27. The Kier molecular flexibility index (Phi) is 6.48. The lowest BCUT2D eigenvalue weighted by Gasteiger charge is -2.36. The summed E-state index contributed by atoms with van der Waals surface area (Å²) in [7, 11) is 0. The molecule has 6 heteroatoms. The van der Waals surface area contributed by atoms with Crippen LogP contribution >= 0.6 is 11.3 Å². The first-order chi connectivity index (χ1) is 15.3. The number of rotatable bonds is 8. The van der Waals surface area contributed by atoms with Crippen LogP contribution in [-0.4, -0.2) is 71.6 Å². The zero-order valence-electron chi connectivity index (χ0n) is 18.5. The largest absolute Gasteiger partial charge is 0.353 e. The first-order valence-corrected chi connectivity index (χ1v) is 12.7. The third-order valence-corrected chi connectivity index (χ3v) is 7.71. The van der Waals surface area contributed by atoms with E-state index in [1.807, 2.05) is 0 Å². The summed E-state index contributed by atoms with van der Waals surface area (Å²) in [5.74, 6) is 1.11. The zero-order chi connectivity index (χ0) is 21.0. The molecule has 3 heterocycles. The highest BCUT2D eigenvalue weighted by molar-refractivity contribution is 7.16. The summed E-state index contributed by atoms with van der Waals surface area (Å²) in [6.45, 7) is 10.3. The number of benzene rings is 1. The molecule has 0 radical (unpaired) electrons. The van der Waals surface area contributed by atoms with Crippen molar-refractivity contribution in [2.24, 2.45) is 0 Å². The Balaban J connectivity index is 1.10. The molecule has 5 rings (SSSR count). The van der Waals surface area contributed by atoms with E-state index in [9.17, 15) is 0 Å². The number of thiophene rings is 1. The Bertz CT molecular complexity index is 969. The average molecular weight is 436 g/mol. The third-order valence-electron chi connectivity index (χ3n) is 6.89. The first kappa shape index (κ1) is 20.9. The van der Waals surface area contributed by atoms with Crippen molar-refractivity contribution in [3.05, 3.63) is 53.2 Å². The molecule has 3 aromatic rings. The van der Waals surface area contributed by atoms with Gasteiger partial charge in [-0.05, 0) is 67.9 Å². The van der Waals surface area contributed by atoms with E-state index >= 15 is 0 Å². The molecule has 0 N–H and O–H groups in total. The minimum absolute atomic E-state index is 0.694. The molecule has 31 heavy (non-hydrogen) atoms. The van der Waals surface area contributed by atoms with Crippen LogP contribution in [0.25, 0.3) is 10.2 Å². The van der Waals surface area contributed by atoms with Gasteiger partial charge in [-0.2, -0.15) is 0 Å². The van der Waals surface area contributed by atoms with E-state index in [2.05, 4.69) is 67.3 Å². The van der Waals surface area contributed by atoms with Crippen molar-refractivity contribution in [1.29, 1.82) is 0 Å². The Morgan fingerprint density at radius 2 is 1.77 bits per heavy atom. The van der Waals surface area contributed by atoms with Crippen LogP contribution in [0, 0.1) is 0 Å². The van der Waals surface area contributed by atoms with Crippen LogP contribution in [0.4, 0.5) is 5.82 Å². The van der Waals surface area contributed by atoms with Gasteiger partial charge in [-0.25, -0.2) is 9.97 Å². The molecular weight excluding hydrogens is 402 g/mol. The molecule has 2 aromatic heterocycles. The average Bonchev–Trinajstić information content (AvgIpc) is 3.46. The summed E-state index contributed by atoms with van der Waals surface area (Å²) in [6.07, 6.45) is 6.66. The molecule has 1 fully saturated rings. The van der Waals surface area contributed by atoms with Gasteiger partial charge in [0.05, 0.1) is 5.39 Å². The molecule has 0 amide bonds. The number of hydrogen-bond acceptors (Lipinski definition) is 6. The second-order valence-electron chi connectivity index (χ2n) is 8.89. The molecule has 0 bridgehead atoms. The SMILES string of the molecule is CCCN(CCCN1CCN(c2ncnc3sccc23)CC1)C1Cc2ccccc2C1. The maximum atomic E-state index is 4.59. The topological polar surface area (TPSA) is 35.5 Å². The van der Waals surface area contributed by atoms with Crippen LogP contribution in [-0.2, 0) is 12.8 Å². The predicted octanol–water partition coefficient (Wildman–Crippen LogP) is 4.08. The van der Waals surface area contributed by atoms with E-state index in [4.69, 9.17) is 0 Å². The van der Waals surface area contributed by atoms with Gasteiger partial charge in [-0.3, -0.25) is 9.80 Å². The van der Waals surface area contributed by atoms with Crippen molar-refractivity contribution in [2.75, 3.05) is 50.7 Å². The predicted molar refractivity (Wildman–Crippen MR) is 130 cm³/mol. The van der Waals surface area contributed by atoms with Crippen LogP contribution in [0.3, 0.4) is 0 Å². The Morgan fingerprint density at radius 1 is 1.00 bits per heavy atom. The van der Waals surface area contributed by atoms with Gasteiger partial charge >= 0.3 is 0 Å². The molecule has 1 saturated heterocycles. The number of hydrogen-bond donors (Lipinski definition) is 0.